The van der Waals surface area contributed by atoms with Gasteiger partial charge in [0.05, 0.1) is 11.4 Å². The molecule has 0 aliphatic heterocycles. The van der Waals surface area contributed by atoms with E-state index in [9.17, 15) is 0 Å². The van der Waals surface area contributed by atoms with E-state index in [0.29, 0.717) is 18.2 Å². The molecule has 0 amide bonds. The summed E-state index contributed by atoms with van der Waals surface area (Å²) >= 11 is 6.13. The monoisotopic (exact) mass is 254 g/mol. The molecule has 92 valence electrons. The third-order valence-corrected chi connectivity index (χ3v) is 3.03. The second-order valence-electron chi connectivity index (χ2n) is 4.01. The van der Waals surface area contributed by atoms with Crippen molar-refractivity contribution in [3.63, 3.8) is 0 Å². The normalized spacial score (nSPS) is 11.1. The number of halogens is 1. The van der Waals surface area contributed by atoms with Gasteiger partial charge in [0.25, 0.3) is 0 Å². The molecule has 1 N–H and O–H groups in total. The van der Waals surface area contributed by atoms with Crippen molar-refractivity contribution >= 4 is 11.6 Å². The fourth-order valence-electron chi connectivity index (χ4n) is 1.69. The summed E-state index contributed by atoms with van der Waals surface area (Å²) in [6.07, 6.45) is 0. The molecule has 0 aliphatic carbocycles. The fraction of sp³-hybridized carbons (Fsp3) is 0.455. The van der Waals surface area contributed by atoms with E-state index in [1.807, 2.05) is 27.0 Å². The van der Waals surface area contributed by atoms with Crippen LogP contribution in [0.5, 0.6) is 0 Å². The lowest BCUT2D eigenvalue weighted by atomic mass is 10.2. The van der Waals surface area contributed by atoms with Crippen LogP contribution < -0.4 is 5.32 Å². The molecule has 6 heteroatoms. The van der Waals surface area contributed by atoms with Gasteiger partial charge in [0, 0.05) is 31.8 Å². The van der Waals surface area contributed by atoms with Gasteiger partial charge >= 0.3 is 0 Å². The zero-order valence-corrected chi connectivity index (χ0v) is 10.9. The predicted molar refractivity (Wildman–Crippen MR) is 64.7 cm³/mol. The molecule has 0 unspecified atom stereocenters. The summed E-state index contributed by atoms with van der Waals surface area (Å²) < 4.78 is 6.66. The number of nitrogens with one attached hydrogen (secondary N) is 1. The third kappa shape index (κ3) is 2.68. The molecule has 0 aromatic carbocycles. The third-order valence-electron chi connectivity index (χ3n) is 2.55. The predicted octanol–water partition coefficient (Wildman–Crippen LogP) is 1.97. The fourth-order valence-corrected chi connectivity index (χ4v) is 1.93. The summed E-state index contributed by atoms with van der Waals surface area (Å²) in [6.45, 7) is 5.15. The quantitative estimate of drug-likeness (QED) is 0.906. The summed E-state index contributed by atoms with van der Waals surface area (Å²) in [5, 5.41) is 12.1. The smallest absolute Gasteiger partial charge is 0.133 e. The van der Waals surface area contributed by atoms with E-state index in [0.717, 1.165) is 22.7 Å². The molecule has 0 saturated carbocycles. The minimum absolute atomic E-state index is 0.655. The minimum Gasteiger partial charge on any atom is -0.361 e. The standard InChI is InChI=1S/C11H15ClN4O/c1-7-4-9(15-17-7)5-13-6-10-8(2)14-16(3)11(10)12/h4,13H,5-6H2,1-3H3. The van der Waals surface area contributed by atoms with Crippen LogP contribution in [-0.2, 0) is 20.1 Å². The Balaban J connectivity index is 1.94. The van der Waals surface area contributed by atoms with Crippen molar-refractivity contribution in [2.45, 2.75) is 26.9 Å². The van der Waals surface area contributed by atoms with Gasteiger partial charge in [0.15, 0.2) is 0 Å². The molecule has 0 bridgehead atoms. The molecular formula is C11H15ClN4O. The number of hydrogen-bond donors (Lipinski definition) is 1. The summed E-state index contributed by atoms with van der Waals surface area (Å²) in [7, 11) is 1.83. The largest absolute Gasteiger partial charge is 0.361 e. The van der Waals surface area contributed by atoms with E-state index in [-0.39, 0.29) is 0 Å². The maximum atomic E-state index is 6.13. The van der Waals surface area contributed by atoms with Gasteiger partial charge in [-0.1, -0.05) is 16.8 Å². The van der Waals surface area contributed by atoms with Gasteiger partial charge < -0.3 is 9.84 Å². The molecule has 5 nitrogen and oxygen atoms in total. The molecule has 0 atom stereocenters. The summed E-state index contributed by atoms with van der Waals surface area (Å²) in [5.41, 5.74) is 2.86. The first-order valence-electron chi connectivity index (χ1n) is 5.39. The lowest BCUT2D eigenvalue weighted by Gasteiger charge is -2.01. The number of nitrogens with zero attached hydrogens (tertiary/aromatic N) is 3. The molecule has 0 fully saturated rings. The van der Waals surface area contributed by atoms with E-state index in [4.69, 9.17) is 16.1 Å². The first-order chi connectivity index (χ1) is 8.08. The zero-order valence-electron chi connectivity index (χ0n) is 10.1. The van der Waals surface area contributed by atoms with Crippen LogP contribution in [-0.4, -0.2) is 14.9 Å². The van der Waals surface area contributed by atoms with E-state index in [1.165, 1.54) is 0 Å². The number of aryl methyl sites for hydroxylation is 3. The van der Waals surface area contributed by atoms with Crippen LogP contribution in [0.25, 0.3) is 0 Å². The number of rotatable bonds is 4. The molecule has 0 saturated heterocycles. The highest BCUT2D eigenvalue weighted by Gasteiger charge is 2.10. The van der Waals surface area contributed by atoms with Crippen molar-refractivity contribution < 1.29 is 4.52 Å². The molecule has 2 heterocycles. The van der Waals surface area contributed by atoms with Gasteiger partial charge in [-0.2, -0.15) is 5.10 Å². The Morgan fingerprint density at radius 1 is 1.41 bits per heavy atom. The van der Waals surface area contributed by atoms with Crippen LogP contribution in [0.15, 0.2) is 10.6 Å². The molecule has 0 spiro atoms. The van der Waals surface area contributed by atoms with Crippen molar-refractivity contribution in [2.24, 2.45) is 7.05 Å². The van der Waals surface area contributed by atoms with E-state index >= 15 is 0 Å². The first kappa shape index (κ1) is 12.1. The zero-order chi connectivity index (χ0) is 12.4. The molecule has 17 heavy (non-hydrogen) atoms. The first-order valence-corrected chi connectivity index (χ1v) is 5.76. The Hall–Kier alpha value is -1.33. The minimum atomic E-state index is 0.655. The topological polar surface area (TPSA) is 55.9 Å². The maximum absolute atomic E-state index is 6.13. The average molecular weight is 255 g/mol. The lowest BCUT2D eigenvalue weighted by Crippen LogP contribution is -2.13. The molecule has 0 radical (unpaired) electrons. The Kier molecular flexibility index (Phi) is 3.49. The maximum Gasteiger partial charge on any atom is 0.133 e. The van der Waals surface area contributed by atoms with E-state index < -0.39 is 0 Å². The van der Waals surface area contributed by atoms with Crippen LogP contribution in [0, 0.1) is 13.8 Å². The van der Waals surface area contributed by atoms with Crippen molar-refractivity contribution in [1.29, 1.82) is 0 Å². The summed E-state index contributed by atoms with van der Waals surface area (Å²) in [6, 6.07) is 1.91. The summed E-state index contributed by atoms with van der Waals surface area (Å²) in [4.78, 5) is 0. The summed E-state index contributed by atoms with van der Waals surface area (Å²) in [5.74, 6) is 0.817. The molecule has 2 rings (SSSR count). The highest BCUT2D eigenvalue weighted by molar-refractivity contribution is 6.30. The van der Waals surface area contributed by atoms with E-state index in [1.54, 1.807) is 4.68 Å². The SMILES string of the molecule is Cc1cc(CNCc2c(C)nn(C)c2Cl)no1. The Labute approximate surface area is 105 Å². The van der Waals surface area contributed by atoms with Gasteiger partial charge in [-0.15, -0.1) is 0 Å². The van der Waals surface area contributed by atoms with Crippen molar-refractivity contribution in [3.05, 3.63) is 33.9 Å². The lowest BCUT2D eigenvalue weighted by molar-refractivity contribution is 0.388. The van der Waals surface area contributed by atoms with Crippen LogP contribution in [0.1, 0.15) is 22.7 Å². The Morgan fingerprint density at radius 3 is 2.71 bits per heavy atom. The van der Waals surface area contributed by atoms with Gasteiger partial charge in [-0.05, 0) is 13.8 Å². The second-order valence-corrected chi connectivity index (χ2v) is 4.37. The van der Waals surface area contributed by atoms with Gasteiger partial charge in [0.2, 0.25) is 0 Å². The van der Waals surface area contributed by atoms with Crippen molar-refractivity contribution in [3.8, 4) is 0 Å². The van der Waals surface area contributed by atoms with Gasteiger partial charge in [0.1, 0.15) is 10.9 Å². The molecule has 2 aromatic heterocycles. The molecular weight excluding hydrogens is 240 g/mol. The number of aromatic nitrogens is 3. The Morgan fingerprint density at radius 2 is 2.18 bits per heavy atom. The second kappa shape index (κ2) is 4.89. The molecule has 0 aliphatic rings. The van der Waals surface area contributed by atoms with Crippen LogP contribution in [0.3, 0.4) is 0 Å². The van der Waals surface area contributed by atoms with Crippen LogP contribution in [0.2, 0.25) is 5.15 Å². The highest BCUT2D eigenvalue weighted by atomic mass is 35.5. The van der Waals surface area contributed by atoms with Gasteiger partial charge in [-0.25, -0.2) is 0 Å². The van der Waals surface area contributed by atoms with Crippen molar-refractivity contribution in [2.75, 3.05) is 0 Å². The molecule has 2 aromatic rings. The van der Waals surface area contributed by atoms with E-state index in [2.05, 4.69) is 15.6 Å². The van der Waals surface area contributed by atoms with Crippen LogP contribution in [0.4, 0.5) is 0 Å². The van der Waals surface area contributed by atoms with Crippen molar-refractivity contribution in [1.82, 2.24) is 20.3 Å². The average Bonchev–Trinajstić information content (AvgIpc) is 2.78. The Bertz CT molecular complexity index is 518. The highest BCUT2D eigenvalue weighted by Crippen LogP contribution is 2.18. The van der Waals surface area contributed by atoms with Gasteiger partial charge in [-0.3, -0.25) is 4.68 Å². The van der Waals surface area contributed by atoms with Crippen LogP contribution >= 0.6 is 11.6 Å². The number of hydrogen-bond acceptors (Lipinski definition) is 4.